The molecule has 0 bridgehead atoms. The van der Waals surface area contributed by atoms with Crippen LogP contribution in [0.5, 0.6) is 5.88 Å². The second-order valence-corrected chi connectivity index (χ2v) is 10.8. The molecule has 4 aliphatic rings. The Kier molecular flexibility index (Phi) is 4.78. The summed E-state index contributed by atoms with van der Waals surface area (Å²) in [6.45, 7) is 0.0590. The molecule has 6 heterocycles. The maximum Gasteiger partial charge on any atom is 0.251 e. The molecule has 3 atom stereocenters. The first-order valence-corrected chi connectivity index (χ1v) is 13.1. The molecule has 0 unspecified atom stereocenters. The summed E-state index contributed by atoms with van der Waals surface area (Å²) in [6, 6.07) is 13.0. The third kappa shape index (κ3) is 3.59. The smallest absolute Gasteiger partial charge is 0.251 e. The van der Waals surface area contributed by atoms with E-state index in [0.29, 0.717) is 35.6 Å². The number of ketones is 1. The van der Waals surface area contributed by atoms with E-state index in [1.165, 1.54) is 6.33 Å². The Hall–Kier alpha value is -4.44. The van der Waals surface area contributed by atoms with Crippen molar-refractivity contribution in [3.05, 3.63) is 87.3 Å². The van der Waals surface area contributed by atoms with Crippen molar-refractivity contribution in [3.8, 4) is 22.7 Å². The SMILES string of the molecule is O=C1COc2nc(C3=CN=C([C@@H]4[C@H]5C[C@H]5c5cc(-c6cc(Cl)ccc6-n6cnnn6)cc(=O)n54)C3)ccc2C1. The number of allylic oxidation sites excluding steroid dienone is 1. The first kappa shape index (κ1) is 22.5. The van der Waals surface area contributed by atoms with Crippen molar-refractivity contribution in [2.45, 2.75) is 31.2 Å². The molecule has 39 heavy (non-hydrogen) atoms. The van der Waals surface area contributed by atoms with Crippen LogP contribution in [0.15, 0.2) is 64.8 Å². The summed E-state index contributed by atoms with van der Waals surface area (Å²) in [7, 11) is 0. The Morgan fingerprint density at radius 2 is 1.97 bits per heavy atom. The average molecular weight is 538 g/mol. The van der Waals surface area contributed by atoms with Crippen LogP contribution in [-0.4, -0.2) is 47.9 Å². The van der Waals surface area contributed by atoms with Crippen LogP contribution >= 0.6 is 11.6 Å². The van der Waals surface area contributed by atoms with Gasteiger partial charge in [0.05, 0.1) is 17.4 Å². The van der Waals surface area contributed by atoms with Crippen molar-refractivity contribution in [1.82, 2.24) is 29.8 Å². The van der Waals surface area contributed by atoms with Gasteiger partial charge in [0.1, 0.15) is 12.9 Å². The Bertz CT molecular complexity index is 1830. The predicted molar refractivity (Wildman–Crippen MR) is 142 cm³/mol. The molecule has 192 valence electrons. The average Bonchev–Trinajstić information content (AvgIpc) is 3.28. The van der Waals surface area contributed by atoms with Gasteiger partial charge in [0.25, 0.3) is 5.56 Å². The number of aromatic nitrogens is 6. The molecule has 10 nitrogen and oxygen atoms in total. The zero-order chi connectivity index (χ0) is 26.2. The lowest BCUT2D eigenvalue weighted by molar-refractivity contribution is -0.121. The van der Waals surface area contributed by atoms with Crippen LogP contribution in [0.2, 0.25) is 5.02 Å². The number of halogens is 1. The van der Waals surface area contributed by atoms with E-state index < -0.39 is 0 Å². The van der Waals surface area contributed by atoms with Crippen LogP contribution in [-0.2, 0) is 11.2 Å². The number of benzene rings is 1. The van der Waals surface area contributed by atoms with Gasteiger partial charge in [-0.25, -0.2) is 4.98 Å². The number of nitrogens with zero attached hydrogens (tertiary/aromatic N) is 7. The summed E-state index contributed by atoms with van der Waals surface area (Å²) in [4.78, 5) is 34.7. The van der Waals surface area contributed by atoms with Gasteiger partial charge in [-0.2, -0.15) is 4.68 Å². The molecule has 0 radical (unpaired) electrons. The lowest BCUT2D eigenvalue weighted by atomic mass is 9.99. The lowest BCUT2D eigenvalue weighted by Crippen LogP contribution is -2.29. The van der Waals surface area contributed by atoms with E-state index in [1.54, 1.807) is 16.8 Å². The number of ether oxygens (including phenoxy) is 1. The van der Waals surface area contributed by atoms with Gasteiger partial charge in [-0.1, -0.05) is 17.7 Å². The number of tetrazole rings is 1. The summed E-state index contributed by atoms with van der Waals surface area (Å²) in [6.07, 6.45) is 5.35. The highest BCUT2D eigenvalue weighted by molar-refractivity contribution is 6.31. The van der Waals surface area contributed by atoms with E-state index in [0.717, 1.165) is 51.5 Å². The summed E-state index contributed by atoms with van der Waals surface area (Å²) < 4.78 is 9.02. The number of fused-ring (bicyclic) bond motifs is 4. The van der Waals surface area contributed by atoms with Crippen molar-refractivity contribution in [2.24, 2.45) is 10.9 Å². The number of carbonyl (C=O) groups is 1. The van der Waals surface area contributed by atoms with Crippen molar-refractivity contribution < 1.29 is 9.53 Å². The molecule has 1 aromatic carbocycles. The van der Waals surface area contributed by atoms with Gasteiger partial charge in [0.15, 0.2) is 5.78 Å². The van der Waals surface area contributed by atoms with Crippen molar-refractivity contribution in [3.63, 3.8) is 0 Å². The van der Waals surface area contributed by atoms with Gasteiger partial charge in [-0.3, -0.25) is 14.6 Å². The Morgan fingerprint density at radius 1 is 1.05 bits per heavy atom. The largest absolute Gasteiger partial charge is 0.469 e. The van der Waals surface area contributed by atoms with Crippen LogP contribution in [0.4, 0.5) is 0 Å². The third-order valence-corrected chi connectivity index (χ3v) is 8.23. The minimum absolute atomic E-state index is 0.0530. The van der Waals surface area contributed by atoms with Crippen LogP contribution in [0, 0.1) is 5.92 Å². The number of hydrogen-bond acceptors (Lipinski definition) is 8. The van der Waals surface area contributed by atoms with E-state index >= 15 is 0 Å². The van der Waals surface area contributed by atoms with Gasteiger partial charge in [-0.05, 0) is 58.7 Å². The second kappa shape index (κ2) is 8.28. The van der Waals surface area contributed by atoms with E-state index in [4.69, 9.17) is 21.3 Å². The molecule has 3 aromatic heterocycles. The standard InChI is InChI=1S/C28H20ClN7O3/c29-17-2-4-24(35-13-31-33-34-35)19(9-17)15-7-25-20-10-21(20)27(36(25)26(38)8-15)23-6-16(11-30-23)22-3-1-14-5-18(37)12-39-28(14)32-22/h1-4,7-9,11,13,20-21,27H,5-6,10,12H2/t20-,21+,27+/m1/s1. The third-order valence-electron chi connectivity index (χ3n) is 7.99. The molecular weight excluding hydrogens is 518 g/mol. The molecule has 11 heteroatoms. The second-order valence-electron chi connectivity index (χ2n) is 10.4. The van der Waals surface area contributed by atoms with Crippen LogP contribution in [0.1, 0.15) is 41.8 Å². The first-order valence-electron chi connectivity index (χ1n) is 12.7. The number of hydrogen-bond donors (Lipinski definition) is 0. The van der Waals surface area contributed by atoms with Crippen LogP contribution in [0.3, 0.4) is 0 Å². The molecular formula is C28H20ClN7O3. The van der Waals surface area contributed by atoms with Crippen molar-refractivity contribution >= 4 is 28.7 Å². The highest BCUT2D eigenvalue weighted by Gasteiger charge is 2.54. The molecule has 3 aliphatic heterocycles. The van der Waals surface area contributed by atoms with Gasteiger partial charge >= 0.3 is 0 Å². The number of carbonyl (C=O) groups excluding carboxylic acids is 1. The monoisotopic (exact) mass is 537 g/mol. The minimum Gasteiger partial charge on any atom is -0.469 e. The number of pyridine rings is 2. The Balaban J connectivity index is 1.11. The van der Waals surface area contributed by atoms with E-state index in [9.17, 15) is 9.59 Å². The van der Waals surface area contributed by atoms with Crippen molar-refractivity contribution in [2.75, 3.05) is 6.61 Å². The van der Waals surface area contributed by atoms with Crippen molar-refractivity contribution in [1.29, 1.82) is 0 Å². The number of rotatable bonds is 4. The zero-order valence-electron chi connectivity index (χ0n) is 20.5. The molecule has 0 saturated heterocycles. The predicted octanol–water partition coefficient (Wildman–Crippen LogP) is 3.59. The Morgan fingerprint density at radius 3 is 2.85 bits per heavy atom. The normalized spacial score (nSPS) is 22.5. The Labute approximate surface area is 226 Å². The quantitative estimate of drug-likeness (QED) is 0.390. The molecule has 1 aliphatic carbocycles. The molecule has 0 amide bonds. The highest BCUT2D eigenvalue weighted by atomic mass is 35.5. The maximum atomic E-state index is 13.6. The summed E-state index contributed by atoms with van der Waals surface area (Å²) in [5.74, 6) is 1.24. The van der Waals surface area contributed by atoms with E-state index in [-0.39, 0.29) is 24.0 Å². The fourth-order valence-electron chi connectivity index (χ4n) is 6.15. The fraction of sp³-hybridized carbons (Fsp3) is 0.250. The minimum atomic E-state index is -0.0786. The van der Waals surface area contributed by atoms with Gasteiger partial charge in [0, 0.05) is 64.2 Å². The zero-order valence-corrected chi connectivity index (χ0v) is 21.2. The fourth-order valence-corrected chi connectivity index (χ4v) is 6.32. The van der Waals surface area contributed by atoms with Crippen LogP contribution in [0.25, 0.3) is 22.4 Å². The summed E-state index contributed by atoms with van der Waals surface area (Å²) in [5.41, 5.74) is 6.83. The van der Waals surface area contributed by atoms with E-state index in [2.05, 4.69) is 26.6 Å². The molecule has 1 saturated carbocycles. The summed E-state index contributed by atoms with van der Waals surface area (Å²) >= 11 is 6.35. The number of aliphatic imine (C=N–C) groups is 1. The number of Topliss-reactive ketones (excluding diaryl/α,β-unsaturated/α-hetero) is 1. The molecule has 8 rings (SSSR count). The highest BCUT2D eigenvalue weighted by Crippen LogP contribution is 2.60. The van der Waals surface area contributed by atoms with Gasteiger partial charge in [0.2, 0.25) is 5.88 Å². The van der Waals surface area contributed by atoms with Gasteiger partial charge in [-0.15, -0.1) is 5.10 Å². The van der Waals surface area contributed by atoms with E-state index in [1.807, 2.05) is 35.0 Å². The molecule has 1 fully saturated rings. The molecule has 0 N–H and O–H groups in total. The summed E-state index contributed by atoms with van der Waals surface area (Å²) in [5, 5.41) is 12.1. The van der Waals surface area contributed by atoms with Gasteiger partial charge < -0.3 is 9.30 Å². The van der Waals surface area contributed by atoms with Crippen LogP contribution < -0.4 is 10.3 Å². The molecule has 4 aromatic rings. The topological polar surface area (TPSA) is 117 Å². The lowest BCUT2D eigenvalue weighted by Gasteiger charge is -2.20. The first-order chi connectivity index (χ1) is 19.0. The molecule has 0 spiro atoms. The maximum absolute atomic E-state index is 13.6.